The molecule has 0 N–H and O–H groups in total. The van der Waals surface area contributed by atoms with Gasteiger partial charge in [0.1, 0.15) is 6.10 Å². The third-order valence-corrected chi connectivity index (χ3v) is 6.85. The van der Waals surface area contributed by atoms with E-state index in [1.165, 1.54) is 32.1 Å². The Morgan fingerprint density at radius 3 is 2.44 bits per heavy atom. The Morgan fingerprint density at radius 2 is 1.67 bits per heavy atom. The molecule has 5 nitrogen and oxygen atoms in total. The molecular formula is C22H36O5. The minimum absolute atomic E-state index is 0.0230. The molecule has 0 aliphatic heterocycles. The number of ether oxygens (including phenoxy) is 3. The molecule has 0 heterocycles. The van der Waals surface area contributed by atoms with Crippen LogP contribution in [0.15, 0.2) is 0 Å². The van der Waals surface area contributed by atoms with Crippen LogP contribution in [-0.2, 0) is 23.8 Å². The Labute approximate surface area is 163 Å². The SMILES string of the molecule is CCC(=O)OC1CCC2CCC(C(=O)OCOCC3CCCCC3)CC2C1. The standard InChI is InChI=1S/C22H36O5/c1-2-21(23)27-20-11-10-17-8-9-18(12-19(17)13-20)22(24)26-15-25-14-16-6-4-3-5-7-16/h16-20H,2-15H2,1H3. The molecule has 0 radical (unpaired) electrons. The molecule has 0 spiro atoms. The summed E-state index contributed by atoms with van der Waals surface area (Å²) in [5, 5.41) is 0. The van der Waals surface area contributed by atoms with Crippen LogP contribution in [0.3, 0.4) is 0 Å². The first kappa shape index (κ1) is 20.6. The van der Waals surface area contributed by atoms with E-state index in [1.54, 1.807) is 0 Å². The summed E-state index contributed by atoms with van der Waals surface area (Å²) in [4.78, 5) is 24.0. The molecule has 3 aliphatic rings. The summed E-state index contributed by atoms with van der Waals surface area (Å²) in [5.41, 5.74) is 0. The molecule has 4 unspecified atom stereocenters. The maximum absolute atomic E-state index is 12.4. The molecule has 154 valence electrons. The summed E-state index contributed by atoms with van der Waals surface area (Å²) < 4.78 is 16.6. The van der Waals surface area contributed by atoms with Crippen LogP contribution in [0.1, 0.15) is 84.0 Å². The molecule has 0 aromatic heterocycles. The second kappa shape index (κ2) is 10.4. The van der Waals surface area contributed by atoms with Crippen molar-refractivity contribution < 1.29 is 23.8 Å². The minimum Gasteiger partial charge on any atom is -0.462 e. The monoisotopic (exact) mass is 380 g/mol. The van der Waals surface area contributed by atoms with Crippen molar-refractivity contribution in [3.63, 3.8) is 0 Å². The molecule has 3 saturated carbocycles. The average Bonchev–Trinajstić information content (AvgIpc) is 2.71. The summed E-state index contributed by atoms with van der Waals surface area (Å²) in [7, 11) is 0. The second-order valence-corrected chi connectivity index (χ2v) is 8.76. The predicted molar refractivity (Wildman–Crippen MR) is 102 cm³/mol. The van der Waals surface area contributed by atoms with Gasteiger partial charge in [-0.05, 0) is 69.1 Å². The fourth-order valence-electron chi connectivity index (χ4n) is 5.23. The van der Waals surface area contributed by atoms with E-state index in [2.05, 4.69) is 0 Å². The number of carbonyl (C=O) groups excluding carboxylic acids is 2. The minimum atomic E-state index is -0.111. The van der Waals surface area contributed by atoms with Gasteiger partial charge in [0, 0.05) is 6.42 Å². The summed E-state index contributed by atoms with van der Waals surface area (Å²) in [6.45, 7) is 2.64. The molecule has 0 saturated heterocycles. The first-order valence-electron chi connectivity index (χ1n) is 11.1. The number of hydrogen-bond donors (Lipinski definition) is 0. The smallest absolute Gasteiger partial charge is 0.311 e. The van der Waals surface area contributed by atoms with Gasteiger partial charge in [0.2, 0.25) is 0 Å². The second-order valence-electron chi connectivity index (χ2n) is 8.76. The lowest BCUT2D eigenvalue weighted by atomic mass is 9.67. The first-order valence-corrected chi connectivity index (χ1v) is 11.1. The van der Waals surface area contributed by atoms with E-state index in [-0.39, 0.29) is 30.8 Å². The third-order valence-electron chi connectivity index (χ3n) is 6.85. The van der Waals surface area contributed by atoms with Crippen molar-refractivity contribution in [3.8, 4) is 0 Å². The lowest BCUT2D eigenvalue weighted by molar-refractivity contribution is -0.166. The van der Waals surface area contributed by atoms with Gasteiger partial charge in [0.15, 0.2) is 6.79 Å². The lowest BCUT2D eigenvalue weighted by Gasteiger charge is -2.41. The summed E-state index contributed by atoms with van der Waals surface area (Å²) >= 11 is 0. The zero-order valence-corrected chi connectivity index (χ0v) is 16.8. The Kier molecular flexibility index (Phi) is 7.98. The van der Waals surface area contributed by atoms with Crippen molar-refractivity contribution in [2.45, 2.75) is 90.1 Å². The van der Waals surface area contributed by atoms with Crippen LogP contribution in [-0.4, -0.2) is 31.4 Å². The molecular weight excluding hydrogens is 344 g/mol. The van der Waals surface area contributed by atoms with E-state index in [4.69, 9.17) is 14.2 Å². The van der Waals surface area contributed by atoms with Crippen LogP contribution in [0.2, 0.25) is 0 Å². The van der Waals surface area contributed by atoms with Gasteiger partial charge in [-0.1, -0.05) is 26.2 Å². The van der Waals surface area contributed by atoms with Gasteiger partial charge < -0.3 is 14.2 Å². The van der Waals surface area contributed by atoms with Gasteiger partial charge in [-0.3, -0.25) is 9.59 Å². The zero-order chi connectivity index (χ0) is 19.1. The van der Waals surface area contributed by atoms with Crippen molar-refractivity contribution >= 4 is 11.9 Å². The highest BCUT2D eigenvalue weighted by Crippen LogP contribution is 2.43. The molecule has 4 atom stereocenters. The highest BCUT2D eigenvalue weighted by molar-refractivity contribution is 5.72. The van der Waals surface area contributed by atoms with Crippen LogP contribution in [0.4, 0.5) is 0 Å². The van der Waals surface area contributed by atoms with Crippen molar-refractivity contribution in [1.82, 2.24) is 0 Å². The Bertz CT molecular complexity index is 485. The van der Waals surface area contributed by atoms with Crippen molar-refractivity contribution in [1.29, 1.82) is 0 Å². The summed E-state index contributed by atoms with van der Waals surface area (Å²) in [5.74, 6) is 1.55. The van der Waals surface area contributed by atoms with Crippen LogP contribution in [0.5, 0.6) is 0 Å². The van der Waals surface area contributed by atoms with E-state index in [0.29, 0.717) is 30.8 Å². The van der Waals surface area contributed by atoms with Crippen molar-refractivity contribution in [3.05, 3.63) is 0 Å². The first-order chi connectivity index (χ1) is 13.2. The van der Waals surface area contributed by atoms with Crippen LogP contribution in [0.25, 0.3) is 0 Å². The van der Waals surface area contributed by atoms with E-state index in [0.717, 1.165) is 38.5 Å². The quantitative estimate of drug-likeness (QED) is 0.366. The Balaban J connectivity index is 1.36. The molecule has 27 heavy (non-hydrogen) atoms. The van der Waals surface area contributed by atoms with E-state index in [1.807, 2.05) is 6.92 Å². The largest absolute Gasteiger partial charge is 0.462 e. The Morgan fingerprint density at radius 1 is 0.889 bits per heavy atom. The molecule has 5 heteroatoms. The van der Waals surface area contributed by atoms with Gasteiger partial charge in [-0.15, -0.1) is 0 Å². The van der Waals surface area contributed by atoms with Crippen LogP contribution >= 0.6 is 0 Å². The number of hydrogen-bond acceptors (Lipinski definition) is 5. The summed E-state index contributed by atoms with van der Waals surface area (Å²) in [6.07, 6.45) is 12.7. The van der Waals surface area contributed by atoms with E-state index < -0.39 is 0 Å². The zero-order valence-electron chi connectivity index (χ0n) is 16.8. The fourth-order valence-corrected chi connectivity index (χ4v) is 5.23. The van der Waals surface area contributed by atoms with Crippen molar-refractivity contribution in [2.75, 3.05) is 13.4 Å². The van der Waals surface area contributed by atoms with Gasteiger partial charge >= 0.3 is 11.9 Å². The van der Waals surface area contributed by atoms with Gasteiger partial charge in [0.25, 0.3) is 0 Å². The molecule has 3 aliphatic carbocycles. The van der Waals surface area contributed by atoms with Gasteiger partial charge in [0.05, 0.1) is 12.5 Å². The molecule has 3 fully saturated rings. The highest BCUT2D eigenvalue weighted by Gasteiger charge is 2.39. The highest BCUT2D eigenvalue weighted by atomic mass is 16.7. The number of carbonyl (C=O) groups is 2. The molecule has 0 aromatic rings. The maximum Gasteiger partial charge on any atom is 0.311 e. The van der Waals surface area contributed by atoms with Crippen molar-refractivity contribution in [2.24, 2.45) is 23.7 Å². The number of rotatable bonds is 7. The number of esters is 2. The molecule has 3 rings (SSSR count). The van der Waals surface area contributed by atoms with E-state index >= 15 is 0 Å². The molecule has 0 aromatic carbocycles. The molecule has 0 bridgehead atoms. The number of fused-ring (bicyclic) bond motifs is 1. The van der Waals surface area contributed by atoms with Gasteiger partial charge in [-0.25, -0.2) is 0 Å². The topological polar surface area (TPSA) is 61.8 Å². The normalized spacial score (nSPS) is 31.7. The lowest BCUT2D eigenvalue weighted by Crippen LogP contribution is -2.37. The average molecular weight is 381 g/mol. The fraction of sp³-hybridized carbons (Fsp3) is 0.909. The van der Waals surface area contributed by atoms with E-state index in [9.17, 15) is 9.59 Å². The predicted octanol–water partition coefficient (Wildman–Crippen LogP) is 4.62. The van der Waals surface area contributed by atoms with Crippen LogP contribution in [0, 0.1) is 23.7 Å². The van der Waals surface area contributed by atoms with Gasteiger partial charge in [-0.2, -0.15) is 0 Å². The molecule has 0 amide bonds. The van der Waals surface area contributed by atoms with Crippen LogP contribution < -0.4 is 0 Å². The Hall–Kier alpha value is -1.10. The third kappa shape index (κ3) is 6.20. The summed E-state index contributed by atoms with van der Waals surface area (Å²) in [6, 6.07) is 0. The maximum atomic E-state index is 12.4.